The highest BCUT2D eigenvalue weighted by Gasteiger charge is 2.14. The predicted molar refractivity (Wildman–Crippen MR) is 95.5 cm³/mol. The summed E-state index contributed by atoms with van der Waals surface area (Å²) in [5.74, 6) is 0.569. The molecule has 0 aliphatic heterocycles. The molecule has 1 aromatic carbocycles. The second-order valence-electron chi connectivity index (χ2n) is 5.57. The normalized spacial score (nSPS) is 10.8. The van der Waals surface area contributed by atoms with E-state index in [1.54, 1.807) is 35.9 Å². The van der Waals surface area contributed by atoms with E-state index in [-0.39, 0.29) is 30.5 Å². The average molecular weight is 358 g/mol. The number of nitrogens with zero attached hydrogens (tertiary/aromatic N) is 3. The Morgan fingerprint density at radius 1 is 1.20 bits per heavy atom. The Hall–Kier alpha value is -2.74. The zero-order valence-corrected chi connectivity index (χ0v) is 15.0. The van der Waals surface area contributed by atoms with E-state index in [0.717, 1.165) is 15.5 Å². The SMILES string of the molecule is COc1ccc(C(=O)CCC(=O)Nc2nc3sc(C)c(C)n3n2)cc1. The molecule has 0 atom stereocenters. The van der Waals surface area contributed by atoms with Crippen LogP contribution in [0.1, 0.15) is 33.8 Å². The number of thiazole rings is 1. The largest absolute Gasteiger partial charge is 0.497 e. The Kier molecular flexibility index (Phi) is 4.80. The van der Waals surface area contributed by atoms with Crippen molar-refractivity contribution in [3.05, 3.63) is 40.4 Å². The van der Waals surface area contributed by atoms with Crippen LogP contribution in [0.3, 0.4) is 0 Å². The van der Waals surface area contributed by atoms with Gasteiger partial charge in [-0.15, -0.1) is 5.10 Å². The van der Waals surface area contributed by atoms with E-state index in [1.165, 1.54) is 11.3 Å². The first-order valence-corrected chi connectivity index (χ1v) is 8.59. The highest BCUT2D eigenvalue weighted by atomic mass is 32.1. The number of aromatic nitrogens is 3. The second kappa shape index (κ2) is 7.02. The molecule has 8 heteroatoms. The van der Waals surface area contributed by atoms with Gasteiger partial charge in [-0.2, -0.15) is 4.98 Å². The van der Waals surface area contributed by atoms with Gasteiger partial charge < -0.3 is 4.74 Å². The van der Waals surface area contributed by atoms with E-state index in [2.05, 4.69) is 15.4 Å². The fourth-order valence-corrected chi connectivity index (χ4v) is 3.24. The average Bonchev–Trinajstić information content (AvgIpc) is 3.11. The summed E-state index contributed by atoms with van der Waals surface area (Å²) in [7, 11) is 1.57. The maximum absolute atomic E-state index is 12.1. The van der Waals surface area contributed by atoms with E-state index in [9.17, 15) is 9.59 Å². The number of Topliss-reactive ketones (excluding diaryl/α,β-unsaturated/α-hetero) is 1. The number of ketones is 1. The van der Waals surface area contributed by atoms with Crippen LogP contribution in [-0.4, -0.2) is 33.4 Å². The van der Waals surface area contributed by atoms with Crippen LogP contribution < -0.4 is 10.1 Å². The van der Waals surface area contributed by atoms with Crippen LogP contribution in [0.2, 0.25) is 0 Å². The summed E-state index contributed by atoms with van der Waals surface area (Å²) in [6.07, 6.45) is 0.203. The number of carbonyl (C=O) groups excluding carboxylic acids is 2. The van der Waals surface area contributed by atoms with Crippen molar-refractivity contribution in [1.29, 1.82) is 0 Å². The lowest BCUT2D eigenvalue weighted by atomic mass is 10.1. The summed E-state index contributed by atoms with van der Waals surface area (Å²) < 4.78 is 6.76. The second-order valence-corrected chi connectivity index (χ2v) is 6.75. The molecule has 2 aromatic heterocycles. The van der Waals surface area contributed by atoms with E-state index >= 15 is 0 Å². The number of hydrogen-bond acceptors (Lipinski definition) is 6. The fourth-order valence-electron chi connectivity index (χ4n) is 2.33. The van der Waals surface area contributed by atoms with E-state index in [1.807, 2.05) is 13.8 Å². The number of hydrogen-bond donors (Lipinski definition) is 1. The van der Waals surface area contributed by atoms with Crippen LogP contribution >= 0.6 is 11.3 Å². The van der Waals surface area contributed by atoms with Crippen molar-refractivity contribution >= 4 is 33.9 Å². The molecule has 2 heterocycles. The lowest BCUT2D eigenvalue weighted by Gasteiger charge is -2.03. The summed E-state index contributed by atoms with van der Waals surface area (Å²) in [5.41, 5.74) is 1.56. The van der Waals surface area contributed by atoms with Gasteiger partial charge in [-0.3, -0.25) is 14.9 Å². The van der Waals surface area contributed by atoms with E-state index in [0.29, 0.717) is 11.3 Å². The quantitative estimate of drug-likeness (QED) is 0.685. The zero-order valence-electron chi connectivity index (χ0n) is 14.2. The molecule has 25 heavy (non-hydrogen) atoms. The lowest BCUT2D eigenvalue weighted by molar-refractivity contribution is -0.116. The van der Waals surface area contributed by atoms with E-state index < -0.39 is 0 Å². The molecule has 0 radical (unpaired) electrons. The first-order chi connectivity index (χ1) is 12.0. The highest BCUT2D eigenvalue weighted by molar-refractivity contribution is 7.17. The van der Waals surface area contributed by atoms with Crippen molar-refractivity contribution in [2.75, 3.05) is 12.4 Å². The number of methoxy groups -OCH3 is 1. The molecule has 0 aliphatic carbocycles. The number of carbonyl (C=O) groups is 2. The fraction of sp³-hybridized carbons (Fsp3) is 0.294. The van der Waals surface area contributed by atoms with Gasteiger partial charge in [0.1, 0.15) is 5.75 Å². The van der Waals surface area contributed by atoms with Crippen molar-refractivity contribution in [2.24, 2.45) is 0 Å². The molecular weight excluding hydrogens is 340 g/mol. The van der Waals surface area contributed by atoms with Crippen molar-refractivity contribution < 1.29 is 14.3 Å². The lowest BCUT2D eigenvalue weighted by Crippen LogP contribution is -2.14. The molecule has 0 aliphatic rings. The van der Waals surface area contributed by atoms with Crippen LogP contribution in [0.5, 0.6) is 5.75 Å². The first kappa shape index (κ1) is 17.1. The maximum Gasteiger partial charge on any atom is 0.250 e. The summed E-state index contributed by atoms with van der Waals surface area (Å²) >= 11 is 1.52. The molecule has 0 saturated heterocycles. The van der Waals surface area contributed by atoms with Gasteiger partial charge in [0.2, 0.25) is 16.8 Å². The van der Waals surface area contributed by atoms with E-state index in [4.69, 9.17) is 4.74 Å². The Bertz CT molecular complexity index is 927. The highest BCUT2D eigenvalue weighted by Crippen LogP contribution is 2.21. The van der Waals surface area contributed by atoms with Gasteiger partial charge in [0.25, 0.3) is 0 Å². The number of aryl methyl sites for hydroxylation is 2. The minimum Gasteiger partial charge on any atom is -0.497 e. The first-order valence-electron chi connectivity index (χ1n) is 7.78. The molecule has 3 aromatic rings. The van der Waals surface area contributed by atoms with Crippen LogP contribution in [0, 0.1) is 13.8 Å². The van der Waals surface area contributed by atoms with Gasteiger partial charge in [0.15, 0.2) is 5.78 Å². The molecule has 3 rings (SSSR count). The Morgan fingerprint density at radius 3 is 2.56 bits per heavy atom. The van der Waals surface area contributed by atoms with Crippen molar-refractivity contribution in [2.45, 2.75) is 26.7 Å². The molecule has 0 spiro atoms. The van der Waals surface area contributed by atoms with Crippen molar-refractivity contribution in [1.82, 2.24) is 14.6 Å². The smallest absolute Gasteiger partial charge is 0.250 e. The van der Waals surface area contributed by atoms with Crippen molar-refractivity contribution in [3.63, 3.8) is 0 Å². The number of fused-ring (bicyclic) bond motifs is 1. The third kappa shape index (κ3) is 3.69. The topological polar surface area (TPSA) is 85.6 Å². The molecule has 130 valence electrons. The van der Waals surface area contributed by atoms with Gasteiger partial charge >= 0.3 is 0 Å². The number of ether oxygens (including phenoxy) is 1. The Balaban J connectivity index is 1.56. The minimum absolute atomic E-state index is 0.0791. The summed E-state index contributed by atoms with van der Waals surface area (Å²) in [6, 6.07) is 6.82. The van der Waals surface area contributed by atoms with Crippen LogP contribution in [0.15, 0.2) is 24.3 Å². The molecule has 0 saturated carbocycles. The predicted octanol–water partition coefficient (Wildman–Crippen LogP) is 3.02. The summed E-state index contributed by atoms with van der Waals surface area (Å²) in [4.78, 5) is 30.3. The molecule has 7 nitrogen and oxygen atoms in total. The van der Waals surface area contributed by atoms with Gasteiger partial charge in [-0.25, -0.2) is 4.52 Å². The van der Waals surface area contributed by atoms with Gasteiger partial charge in [-0.1, -0.05) is 11.3 Å². The molecule has 1 N–H and O–H groups in total. The molecular formula is C17H18N4O3S. The summed E-state index contributed by atoms with van der Waals surface area (Å²) in [6.45, 7) is 3.95. The van der Waals surface area contributed by atoms with Crippen LogP contribution in [0.4, 0.5) is 5.95 Å². The number of anilines is 1. The van der Waals surface area contributed by atoms with Gasteiger partial charge in [0.05, 0.1) is 12.8 Å². The monoisotopic (exact) mass is 358 g/mol. The molecule has 1 amide bonds. The van der Waals surface area contributed by atoms with Crippen LogP contribution in [0.25, 0.3) is 4.96 Å². The zero-order chi connectivity index (χ0) is 18.0. The standard InChI is InChI=1S/C17H18N4O3S/c1-10-11(2)25-17-19-16(20-21(10)17)18-15(23)9-8-14(22)12-4-6-13(24-3)7-5-12/h4-7H,8-9H2,1-3H3,(H,18,20,23). The maximum atomic E-state index is 12.1. The molecule has 0 fully saturated rings. The number of rotatable bonds is 6. The number of nitrogens with one attached hydrogen (secondary N) is 1. The van der Waals surface area contributed by atoms with Crippen molar-refractivity contribution in [3.8, 4) is 5.75 Å². The summed E-state index contributed by atoms with van der Waals surface area (Å²) in [5, 5.41) is 6.90. The van der Waals surface area contributed by atoms with Gasteiger partial charge in [-0.05, 0) is 38.1 Å². The minimum atomic E-state index is -0.283. The number of amides is 1. The van der Waals surface area contributed by atoms with Crippen LogP contribution in [-0.2, 0) is 4.79 Å². The Morgan fingerprint density at radius 2 is 1.92 bits per heavy atom. The molecule has 0 unspecified atom stereocenters. The third-order valence-electron chi connectivity index (χ3n) is 3.89. The number of benzene rings is 1. The molecule has 0 bridgehead atoms. The van der Waals surface area contributed by atoms with Gasteiger partial charge in [0, 0.05) is 23.3 Å². The third-order valence-corrected chi connectivity index (χ3v) is 4.94. The Labute approximate surface area is 148 Å².